The summed E-state index contributed by atoms with van der Waals surface area (Å²) in [6, 6.07) is 19.0. The third-order valence-corrected chi connectivity index (χ3v) is 6.59. The number of carbonyl (C=O) groups is 2. The molecular formula is C28H25ClN2O5. The van der Waals surface area contributed by atoms with Crippen molar-refractivity contribution in [1.82, 2.24) is 4.57 Å². The summed E-state index contributed by atoms with van der Waals surface area (Å²) in [5, 5.41) is 4.71. The Kier molecular flexibility index (Phi) is 6.16. The van der Waals surface area contributed by atoms with E-state index in [1.165, 1.54) is 6.92 Å². The maximum Gasteiger partial charge on any atom is 0.331 e. The second-order valence-corrected chi connectivity index (χ2v) is 9.67. The number of ketones is 1. The Morgan fingerprint density at radius 3 is 2.14 bits per heavy atom. The number of benzene rings is 3. The number of oxime groups is 1. The van der Waals surface area contributed by atoms with Gasteiger partial charge in [-0.2, -0.15) is 0 Å². The van der Waals surface area contributed by atoms with Gasteiger partial charge in [0.05, 0.1) is 12.3 Å². The lowest BCUT2D eigenvalue weighted by molar-refractivity contribution is -0.140. The average molecular weight is 505 g/mol. The van der Waals surface area contributed by atoms with Crippen LogP contribution < -0.4 is 0 Å². The fraction of sp³-hybridized carbons (Fsp3) is 0.250. The Bertz CT molecular complexity index is 1540. The van der Waals surface area contributed by atoms with Crippen LogP contribution in [0.3, 0.4) is 0 Å². The number of hydrogen-bond acceptors (Lipinski definition) is 6. The van der Waals surface area contributed by atoms with Crippen molar-refractivity contribution in [2.45, 2.75) is 32.1 Å². The van der Waals surface area contributed by atoms with E-state index < -0.39 is 11.2 Å². The van der Waals surface area contributed by atoms with Gasteiger partial charge in [0.25, 0.3) is 0 Å². The van der Waals surface area contributed by atoms with Crippen molar-refractivity contribution < 1.29 is 23.9 Å². The quantitative estimate of drug-likeness (QED) is 0.112. The largest absolute Gasteiger partial charge is 0.344 e. The summed E-state index contributed by atoms with van der Waals surface area (Å²) in [5.74, 6) is -0.548. The zero-order valence-corrected chi connectivity index (χ0v) is 21.1. The molecule has 1 aliphatic rings. The van der Waals surface area contributed by atoms with Crippen LogP contribution >= 0.6 is 11.6 Å². The molecule has 0 bridgehead atoms. The molecule has 5 rings (SSSR count). The van der Waals surface area contributed by atoms with Gasteiger partial charge in [0.15, 0.2) is 5.78 Å². The average Bonchev–Trinajstić information content (AvgIpc) is 3.38. The highest BCUT2D eigenvalue weighted by molar-refractivity contribution is 6.21. The Labute approximate surface area is 213 Å². The monoisotopic (exact) mass is 504 g/mol. The molecule has 0 aliphatic carbocycles. The summed E-state index contributed by atoms with van der Waals surface area (Å²) in [6.07, 6.45) is -0.272. The van der Waals surface area contributed by atoms with Crippen LogP contribution in [-0.2, 0) is 26.2 Å². The smallest absolute Gasteiger partial charge is 0.331 e. The topological polar surface area (TPSA) is 79.1 Å². The van der Waals surface area contributed by atoms with Crippen LogP contribution in [-0.4, -0.2) is 33.9 Å². The van der Waals surface area contributed by atoms with E-state index in [0.717, 1.165) is 32.9 Å². The Balaban J connectivity index is 1.48. The van der Waals surface area contributed by atoms with Crippen molar-refractivity contribution in [1.29, 1.82) is 0 Å². The predicted molar refractivity (Wildman–Crippen MR) is 138 cm³/mol. The van der Waals surface area contributed by atoms with Crippen molar-refractivity contribution in [2.24, 2.45) is 12.2 Å². The Hall–Kier alpha value is -3.52. The molecule has 0 amide bonds. The first-order valence-corrected chi connectivity index (χ1v) is 11.9. The van der Waals surface area contributed by atoms with Gasteiger partial charge < -0.3 is 18.9 Å². The number of ether oxygens (including phenoxy) is 2. The van der Waals surface area contributed by atoms with E-state index >= 15 is 0 Å². The molecule has 4 aromatic rings. The molecule has 0 saturated carbocycles. The predicted octanol–water partition coefficient (Wildman–Crippen LogP) is 5.85. The molecule has 0 N–H and O–H groups in total. The molecule has 1 aromatic heterocycles. The molecule has 2 atom stereocenters. The number of fused-ring (bicyclic) bond motifs is 3. The number of nitrogens with zero attached hydrogens (tertiary/aromatic N) is 2. The van der Waals surface area contributed by atoms with Crippen LogP contribution in [0, 0.1) is 0 Å². The third-order valence-electron chi connectivity index (χ3n) is 6.39. The fourth-order valence-electron chi connectivity index (χ4n) is 4.50. The lowest BCUT2D eigenvalue weighted by Gasteiger charge is -2.14. The minimum Gasteiger partial charge on any atom is -0.344 e. The summed E-state index contributed by atoms with van der Waals surface area (Å²) in [7, 11) is 1.99. The zero-order valence-electron chi connectivity index (χ0n) is 20.4. The zero-order chi connectivity index (χ0) is 25.6. The summed E-state index contributed by atoms with van der Waals surface area (Å²) in [4.78, 5) is 29.3. The molecule has 2 unspecified atom stereocenters. The van der Waals surface area contributed by atoms with Crippen LogP contribution in [0.15, 0.2) is 65.8 Å². The van der Waals surface area contributed by atoms with E-state index in [0.29, 0.717) is 23.4 Å². The standard InChI is InChI=1S/C28H25ClN2O5/c1-16(30-36-17(2)32)20-9-11-24-22(13-20)23-14-21(10-12-25(23)31(24)4)27(33)19-7-5-18(6-8-19)26-15-34-28(3,29)35-26/h5-14,26H,15H2,1-4H3/b30-16+. The van der Waals surface area contributed by atoms with E-state index in [-0.39, 0.29) is 11.9 Å². The Morgan fingerprint density at radius 1 is 0.972 bits per heavy atom. The number of halogens is 1. The van der Waals surface area contributed by atoms with Crippen molar-refractivity contribution >= 4 is 50.9 Å². The number of alkyl halides is 1. The first kappa shape index (κ1) is 24.2. The molecule has 1 saturated heterocycles. The lowest BCUT2D eigenvalue weighted by Crippen LogP contribution is -2.15. The molecule has 1 fully saturated rings. The maximum absolute atomic E-state index is 13.3. The number of hydrogen-bond donors (Lipinski definition) is 0. The molecule has 8 heteroatoms. The van der Waals surface area contributed by atoms with Gasteiger partial charge in [0.1, 0.15) is 6.10 Å². The fourth-order valence-corrected chi connectivity index (χ4v) is 4.67. The van der Waals surface area contributed by atoms with Gasteiger partial charge in [-0.15, -0.1) is 0 Å². The minimum absolute atomic E-state index is 0.0741. The number of carbonyl (C=O) groups excluding carboxylic acids is 2. The van der Waals surface area contributed by atoms with Crippen LogP contribution in [0.5, 0.6) is 0 Å². The first-order valence-electron chi connectivity index (χ1n) is 11.5. The van der Waals surface area contributed by atoms with Gasteiger partial charge in [-0.1, -0.05) is 47.1 Å². The van der Waals surface area contributed by atoms with Gasteiger partial charge in [-0.3, -0.25) is 4.79 Å². The van der Waals surface area contributed by atoms with Crippen molar-refractivity contribution in [3.05, 3.63) is 82.9 Å². The van der Waals surface area contributed by atoms with E-state index in [4.69, 9.17) is 25.9 Å². The summed E-state index contributed by atoms with van der Waals surface area (Å²) >= 11 is 6.09. The maximum atomic E-state index is 13.3. The van der Waals surface area contributed by atoms with Crippen LogP contribution in [0.2, 0.25) is 0 Å². The normalized spacial score (nSPS) is 20.2. The minimum atomic E-state index is -1.13. The second-order valence-electron chi connectivity index (χ2n) is 8.99. The SMILES string of the molecule is CC(=O)O/N=C(\C)c1ccc2c(c1)c1cc(C(=O)c3ccc(C4COC(C)(Cl)O4)cc3)ccc1n2C. The van der Waals surface area contributed by atoms with E-state index in [1.807, 2.05) is 55.6 Å². The van der Waals surface area contributed by atoms with Gasteiger partial charge in [0, 0.05) is 53.8 Å². The molecular weight excluding hydrogens is 480 g/mol. The first-order chi connectivity index (χ1) is 17.1. The van der Waals surface area contributed by atoms with E-state index in [2.05, 4.69) is 9.72 Å². The highest BCUT2D eigenvalue weighted by Gasteiger charge is 2.36. The van der Waals surface area contributed by atoms with Crippen molar-refractivity contribution in [3.63, 3.8) is 0 Å². The molecule has 1 aliphatic heterocycles. The molecule has 2 heterocycles. The molecule has 3 aromatic carbocycles. The number of rotatable bonds is 5. The van der Waals surface area contributed by atoms with Crippen LogP contribution in [0.1, 0.15) is 53.9 Å². The van der Waals surface area contributed by atoms with Gasteiger partial charge in [-0.05, 0) is 48.4 Å². The lowest BCUT2D eigenvalue weighted by atomic mass is 9.98. The van der Waals surface area contributed by atoms with Gasteiger partial charge >= 0.3 is 5.97 Å². The molecule has 7 nitrogen and oxygen atoms in total. The van der Waals surface area contributed by atoms with Gasteiger partial charge in [-0.25, -0.2) is 4.79 Å². The van der Waals surface area contributed by atoms with E-state index in [1.54, 1.807) is 26.0 Å². The van der Waals surface area contributed by atoms with Crippen LogP contribution in [0.4, 0.5) is 0 Å². The van der Waals surface area contributed by atoms with Crippen LogP contribution in [0.25, 0.3) is 21.8 Å². The van der Waals surface area contributed by atoms with Gasteiger partial charge in [0.2, 0.25) is 5.25 Å². The molecule has 0 spiro atoms. The van der Waals surface area contributed by atoms with Crippen molar-refractivity contribution in [2.75, 3.05) is 6.61 Å². The number of aryl methyl sites for hydroxylation is 1. The molecule has 0 radical (unpaired) electrons. The second kappa shape index (κ2) is 9.17. The van der Waals surface area contributed by atoms with Crippen molar-refractivity contribution in [3.8, 4) is 0 Å². The van der Waals surface area contributed by atoms with E-state index in [9.17, 15) is 9.59 Å². The number of aromatic nitrogens is 1. The Morgan fingerprint density at radius 2 is 1.56 bits per heavy atom. The third kappa shape index (κ3) is 4.53. The highest BCUT2D eigenvalue weighted by atomic mass is 35.5. The molecule has 36 heavy (non-hydrogen) atoms. The molecule has 184 valence electrons. The summed E-state index contributed by atoms with van der Waals surface area (Å²) < 4.78 is 13.2. The summed E-state index contributed by atoms with van der Waals surface area (Å²) in [6.45, 7) is 5.11. The highest BCUT2D eigenvalue weighted by Crippen LogP contribution is 2.36. The summed E-state index contributed by atoms with van der Waals surface area (Å²) in [5.41, 5.74) is 5.51.